The number of hydrogen-bond acceptors (Lipinski definition) is 2. The number of nitrogens with one attached hydrogen (secondary N) is 2. The van der Waals surface area contributed by atoms with Gasteiger partial charge in [-0.1, -0.05) is 12.1 Å². The first-order valence-electron chi connectivity index (χ1n) is 11.1. The zero-order valence-corrected chi connectivity index (χ0v) is 30.1. The predicted molar refractivity (Wildman–Crippen MR) is 149 cm³/mol. The third kappa shape index (κ3) is 13.1. The molecule has 189 valence electrons. The Morgan fingerprint density at radius 2 is 0.972 bits per heavy atom. The largest absolute Gasteiger partial charge is 4.00 e. The van der Waals surface area contributed by atoms with Crippen LogP contribution in [-0.4, -0.2) is 45.1 Å². The van der Waals surface area contributed by atoms with Crippen molar-refractivity contribution >= 4 is 66.6 Å². The van der Waals surface area contributed by atoms with Crippen molar-refractivity contribution in [2.45, 2.75) is 39.3 Å². The molecule has 0 heterocycles. The zero-order valence-electron chi connectivity index (χ0n) is 21.7. The molecule has 0 unspecified atom stereocenters. The number of rotatable bonds is 4. The van der Waals surface area contributed by atoms with E-state index in [-0.39, 0.29) is 62.1 Å². The van der Waals surface area contributed by atoms with Crippen LogP contribution in [0.2, 0.25) is 39.3 Å². The average molecular weight is 695 g/mol. The summed E-state index contributed by atoms with van der Waals surface area (Å²) in [6.07, 6.45) is 0. The fraction of sp³-hybridized carbons (Fsp3) is 0.231. The molecule has 0 atom stereocenters. The second-order valence-electron chi connectivity index (χ2n) is 9.90. The molecule has 36 heavy (non-hydrogen) atoms. The Labute approximate surface area is 257 Å². The van der Waals surface area contributed by atoms with Gasteiger partial charge in [-0.15, -0.1) is 59.3 Å². The number of benzene rings is 2. The summed E-state index contributed by atoms with van der Waals surface area (Å²) in [4.78, 5) is 23.1. The number of carbonyl (C=O) groups excluding carboxylic acids is 2. The summed E-state index contributed by atoms with van der Waals surface area (Å²) in [6, 6.07) is 29.3. The van der Waals surface area contributed by atoms with Crippen molar-refractivity contribution in [3.8, 4) is 0 Å². The van der Waals surface area contributed by atoms with E-state index in [1.54, 1.807) is 0 Å². The Bertz CT molecular complexity index is 1040. The molecule has 0 saturated carbocycles. The van der Waals surface area contributed by atoms with Crippen LogP contribution in [0.3, 0.4) is 0 Å². The fourth-order valence-electron chi connectivity index (χ4n) is 2.74. The summed E-state index contributed by atoms with van der Waals surface area (Å²) in [6.45, 7) is 12.0. The van der Waals surface area contributed by atoms with Gasteiger partial charge in [0.15, 0.2) is 0 Å². The SMILES string of the molecule is C[Si](C)(C)C(=O)[NH][Ga][NH]C(=O)[Si](C)(C)C.[Cl-].[Cl-].[Zr+4].c1ccc2[cH-]ccc2c1.c1ccc2[cH-]ccc2c1. The summed E-state index contributed by atoms with van der Waals surface area (Å²) in [5.74, 6) is 0. The number of hydrogen-bond donors (Lipinski definition) is 2. The van der Waals surface area contributed by atoms with Gasteiger partial charge >= 0.3 is 128 Å². The molecule has 0 aliphatic rings. The summed E-state index contributed by atoms with van der Waals surface area (Å²) in [7, 11) is -3.46. The monoisotopic (exact) mass is 691 g/mol. The molecule has 0 bridgehead atoms. The van der Waals surface area contributed by atoms with Gasteiger partial charge in [-0.2, -0.15) is 35.0 Å². The minimum absolute atomic E-state index is 0. The van der Waals surface area contributed by atoms with E-state index in [4.69, 9.17) is 0 Å². The number of carbonyl (C=O) groups is 2. The van der Waals surface area contributed by atoms with Crippen molar-refractivity contribution in [2.75, 3.05) is 0 Å². The minimum Gasteiger partial charge on any atom is -1.00 e. The maximum absolute atomic E-state index is 11.5. The molecule has 0 aliphatic carbocycles. The average Bonchev–Trinajstić information content (AvgIpc) is 3.42. The Morgan fingerprint density at radius 3 is 1.28 bits per heavy atom. The van der Waals surface area contributed by atoms with E-state index >= 15 is 0 Å². The van der Waals surface area contributed by atoms with Gasteiger partial charge < -0.3 is 24.8 Å². The van der Waals surface area contributed by atoms with Gasteiger partial charge in [0.05, 0.1) is 0 Å². The van der Waals surface area contributed by atoms with Crippen molar-refractivity contribution in [1.82, 2.24) is 8.05 Å². The Morgan fingerprint density at radius 1 is 0.639 bits per heavy atom. The van der Waals surface area contributed by atoms with E-state index in [0.717, 1.165) is 0 Å². The topological polar surface area (TPSA) is 58.2 Å². The molecule has 0 aromatic heterocycles. The van der Waals surface area contributed by atoms with Gasteiger partial charge in [0.2, 0.25) is 0 Å². The molecule has 4 aromatic rings. The molecule has 10 heteroatoms. The molecule has 4 aromatic carbocycles. The maximum Gasteiger partial charge on any atom is 4.00 e. The first kappa shape index (κ1) is 37.3. The second-order valence-corrected chi connectivity index (χ2v) is 21.6. The van der Waals surface area contributed by atoms with Crippen molar-refractivity contribution in [3.63, 3.8) is 0 Å². The fourth-order valence-corrected chi connectivity index (χ4v) is 10.5. The molecule has 0 aliphatic heterocycles. The standard InChI is InChI=1S/2C9H7.2C4H11NOSi.2ClH.Ga.Zr/c2*1-2-5-9-7-3-6-8(9)4-1;2*1-7(2,3)4(5)6;;;;/h2*1-7H;2*1-3H3,(H2,5,6);2*1H;;/q2*-1;;;;;+2;+4/p-4. The molecule has 4 nitrogen and oxygen atoms in total. The van der Waals surface area contributed by atoms with E-state index in [2.05, 4.69) is 93.0 Å². The third-order valence-corrected chi connectivity index (χ3v) is 10.8. The van der Waals surface area contributed by atoms with Gasteiger partial charge in [-0.3, -0.25) is 0 Å². The molecule has 4 rings (SSSR count). The Kier molecular flexibility index (Phi) is 18.2. The van der Waals surface area contributed by atoms with Crippen LogP contribution in [0.5, 0.6) is 0 Å². The van der Waals surface area contributed by atoms with Crippen molar-refractivity contribution in [3.05, 3.63) is 84.9 Å². The van der Waals surface area contributed by atoms with Crippen LogP contribution in [0.15, 0.2) is 84.9 Å². The van der Waals surface area contributed by atoms with E-state index < -0.39 is 34.0 Å². The zero-order chi connectivity index (χ0) is 24.5. The minimum atomic E-state index is -1.73. The Hall–Kier alpha value is -0.867. The summed E-state index contributed by atoms with van der Waals surface area (Å²) in [5.41, 5.74) is 0.303. The summed E-state index contributed by atoms with van der Waals surface area (Å²) < 4.78 is 5.79. The maximum atomic E-state index is 11.5. The second kappa shape index (κ2) is 17.6. The van der Waals surface area contributed by atoms with Crippen LogP contribution < -0.4 is 32.9 Å². The molecule has 0 spiro atoms. The predicted octanol–water partition coefficient (Wildman–Crippen LogP) is 0.903. The third-order valence-electron chi connectivity index (χ3n) is 4.86. The van der Waals surface area contributed by atoms with Crippen LogP contribution >= 0.6 is 0 Å². The van der Waals surface area contributed by atoms with Crippen LogP contribution in [0.4, 0.5) is 9.59 Å². The first-order chi connectivity index (χ1) is 15.5. The molecule has 0 fully saturated rings. The summed E-state index contributed by atoms with van der Waals surface area (Å²) >= 11 is -1.13. The van der Waals surface area contributed by atoms with Crippen LogP contribution in [0.1, 0.15) is 0 Å². The quantitative estimate of drug-likeness (QED) is 0.247. The molecular weight excluding hydrogens is 660 g/mol. The first-order valence-corrected chi connectivity index (χ1v) is 20.6. The van der Waals surface area contributed by atoms with Crippen molar-refractivity contribution < 1.29 is 60.6 Å². The smallest absolute Gasteiger partial charge is 1.00 e. The normalized spacial score (nSPS) is 10.1. The van der Waals surface area contributed by atoms with Gasteiger partial charge in [-0.25, -0.2) is 0 Å². The number of halogens is 2. The molecular formula is C26H34Cl2GaN2O2Si2Zr. The number of fused-ring (bicyclic) bond motifs is 2. The van der Waals surface area contributed by atoms with Gasteiger partial charge in [0.25, 0.3) is 0 Å². The number of amides is 2. The van der Waals surface area contributed by atoms with Crippen molar-refractivity contribution in [1.29, 1.82) is 0 Å². The molecule has 2 amide bonds. The van der Waals surface area contributed by atoms with E-state index in [9.17, 15) is 9.59 Å². The molecule has 0 saturated heterocycles. The van der Waals surface area contributed by atoms with Gasteiger partial charge in [-0.05, 0) is 0 Å². The van der Waals surface area contributed by atoms with E-state index in [1.807, 2.05) is 39.3 Å². The van der Waals surface area contributed by atoms with Crippen molar-refractivity contribution in [2.24, 2.45) is 0 Å². The Balaban J connectivity index is 0. The van der Waals surface area contributed by atoms with Gasteiger partial charge in [0, 0.05) is 0 Å². The molecule has 2 N–H and O–H groups in total. The van der Waals surface area contributed by atoms with E-state index in [1.165, 1.54) is 21.5 Å². The van der Waals surface area contributed by atoms with Crippen LogP contribution in [0, 0.1) is 0 Å². The summed E-state index contributed by atoms with van der Waals surface area (Å²) in [5, 5.41) is 5.32. The van der Waals surface area contributed by atoms with Crippen LogP contribution in [0.25, 0.3) is 21.5 Å². The molecule has 1 radical (unpaired) electrons. The van der Waals surface area contributed by atoms with Gasteiger partial charge in [0.1, 0.15) is 0 Å². The van der Waals surface area contributed by atoms with Crippen LogP contribution in [-0.2, 0) is 26.2 Å². The van der Waals surface area contributed by atoms with E-state index in [0.29, 0.717) is 0 Å².